The van der Waals surface area contributed by atoms with Crippen LogP contribution in [0, 0.1) is 5.41 Å². The number of hydrogen-bond donors (Lipinski definition) is 2. The van der Waals surface area contributed by atoms with E-state index in [2.05, 4.69) is 9.46 Å². The van der Waals surface area contributed by atoms with Crippen LogP contribution in [-0.4, -0.2) is 43.9 Å². The van der Waals surface area contributed by atoms with Crippen molar-refractivity contribution in [2.75, 3.05) is 12.4 Å². The summed E-state index contributed by atoms with van der Waals surface area (Å²) >= 11 is 0. The fraction of sp³-hybridized carbons (Fsp3) is 0.818. The first-order valence-corrected chi connectivity index (χ1v) is 7.50. The zero-order valence-electron chi connectivity index (χ0n) is 11.6. The van der Waals surface area contributed by atoms with Gasteiger partial charge in [-0.3, -0.25) is 9.59 Å². The lowest BCUT2D eigenvalue weighted by molar-refractivity contribution is -0.140. The molecule has 0 aliphatic rings. The molecule has 19 heavy (non-hydrogen) atoms. The lowest BCUT2D eigenvalue weighted by atomic mass is 9.85. The minimum Gasteiger partial charge on any atom is -0.481 e. The summed E-state index contributed by atoms with van der Waals surface area (Å²) in [4.78, 5) is 21.9. The van der Waals surface area contributed by atoms with E-state index in [0.717, 1.165) is 0 Å². The molecular formula is C11H21NO6S. The van der Waals surface area contributed by atoms with Crippen LogP contribution in [0.15, 0.2) is 0 Å². The second kappa shape index (κ2) is 6.85. The number of hydrogen-bond acceptors (Lipinski definition) is 5. The zero-order valence-corrected chi connectivity index (χ0v) is 12.4. The van der Waals surface area contributed by atoms with Crippen LogP contribution in [0.4, 0.5) is 0 Å². The smallest absolute Gasteiger partial charge is 0.322 e. The molecule has 0 fully saturated rings. The van der Waals surface area contributed by atoms with Crippen molar-refractivity contribution in [3.8, 4) is 0 Å². The Morgan fingerprint density at radius 2 is 1.84 bits per heavy atom. The lowest BCUT2D eigenvalue weighted by Crippen LogP contribution is -2.46. The third-order valence-electron chi connectivity index (χ3n) is 2.36. The summed E-state index contributed by atoms with van der Waals surface area (Å²) in [5, 5.41) is 8.78. The summed E-state index contributed by atoms with van der Waals surface area (Å²) in [6.45, 7) is 6.81. The molecule has 112 valence electrons. The van der Waals surface area contributed by atoms with E-state index in [1.54, 1.807) is 27.7 Å². The number of rotatable bonds is 7. The van der Waals surface area contributed by atoms with Gasteiger partial charge < -0.3 is 9.84 Å². The normalized spacial score (nSPS) is 13.9. The molecule has 0 amide bonds. The van der Waals surface area contributed by atoms with Crippen molar-refractivity contribution in [2.24, 2.45) is 5.41 Å². The highest BCUT2D eigenvalue weighted by atomic mass is 32.2. The maximum absolute atomic E-state index is 11.7. The van der Waals surface area contributed by atoms with E-state index in [1.165, 1.54) is 0 Å². The second-order valence-electron chi connectivity index (χ2n) is 5.20. The van der Waals surface area contributed by atoms with Gasteiger partial charge in [0.2, 0.25) is 10.0 Å². The van der Waals surface area contributed by atoms with Gasteiger partial charge in [-0.1, -0.05) is 20.8 Å². The average Bonchev–Trinajstić information content (AvgIpc) is 2.12. The molecule has 0 radical (unpaired) electrons. The van der Waals surface area contributed by atoms with Crippen molar-refractivity contribution in [3.63, 3.8) is 0 Å². The van der Waals surface area contributed by atoms with Crippen LogP contribution in [0.1, 0.15) is 34.1 Å². The van der Waals surface area contributed by atoms with Gasteiger partial charge in [0, 0.05) is 6.04 Å². The van der Waals surface area contributed by atoms with E-state index >= 15 is 0 Å². The van der Waals surface area contributed by atoms with Crippen molar-refractivity contribution < 1.29 is 27.9 Å². The van der Waals surface area contributed by atoms with Crippen molar-refractivity contribution in [2.45, 2.75) is 40.2 Å². The van der Waals surface area contributed by atoms with Gasteiger partial charge >= 0.3 is 11.9 Å². The van der Waals surface area contributed by atoms with Crippen LogP contribution in [0.5, 0.6) is 0 Å². The van der Waals surface area contributed by atoms with Crippen LogP contribution in [0.3, 0.4) is 0 Å². The third kappa shape index (κ3) is 7.78. The molecule has 0 aliphatic carbocycles. The van der Waals surface area contributed by atoms with Crippen LogP contribution in [0.25, 0.3) is 0 Å². The van der Waals surface area contributed by atoms with Crippen LogP contribution in [0.2, 0.25) is 0 Å². The number of sulfonamides is 1. The molecule has 0 aromatic heterocycles. The Morgan fingerprint density at radius 1 is 1.32 bits per heavy atom. The summed E-state index contributed by atoms with van der Waals surface area (Å²) in [5.41, 5.74) is -0.583. The summed E-state index contributed by atoms with van der Waals surface area (Å²) in [7, 11) is -3.92. The van der Waals surface area contributed by atoms with Crippen molar-refractivity contribution in [3.05, 3.63) is 0 Å². The Labute approximate surface area is 113 Å². The van der Waals surface area contributed by atoms with Crippen LogP contribution in [-0.2, 0) is 24.3 Å². The monoisotopic (exact) mass is 295 g/mol. The van der Waals surface area contributed by atoms with Gasteiger partial charge in [-0.25, -0.2) is 13.1 Å². The van der Waals surface area contributed by atoms with E-state index in [1.807, 2.05) is 0 Å². The topological polar surface area (TPSA) is 110 Å². The van der Waals surface area contributed by atoms with Gasteiger partial charge in [0.05, 0.1) is 13.0 Å². The SMILES string of the molecule is CCOC(=O)CS(=O)(=O)NC(CC(=O)O)C(C)(C)C. The molecule has 0 saturated heterocycles. The van der Waals surface area contributed by atoms with Gasteiger partial charge in [0.15, 0.2) is 5.75 Å². The minimum atomic E-state index is -3.92. The Kier molecular flexibility index (Phi) is 6.44. The molecule has 0 spiro atoms. The molecule has 0 saturated carbocycles. The highest BCUT2D eigenvalue weighted by Gasteiger charge is 2.31. The second-order valence-corrected chi connectivity index (χ2v) is 6.95. The number of carbonyl (C=O) groups is 2. The lowest BCUT2D eigenvalue weighted by Gasteiger charge is -2.29. The number of esters is 1. The highest BCUT2D eigenvalue weighted by molar-refractivity contribution is 7.90. The van der Waals surface area contributed by atoms with E-state index in [4.69, 9.17) is 5.11 Å². The summed E-state index contributed by atoms with van der Waals surface area (Å²) in [6, 6.07) is -0.801. The number of nitrogens with one attached hydrogen (secondary N) is 1. The van der Waals surface area contributed by atoms with Gasteiger partial charge in [-0.2, -0.15) is 0 Å². The molecule has 0 heterocycles. The first kappa shape index (κ1) is 17.8. The molecule has 0 aromatic rings. The molecule has 7 nitrogen and oxygen atoms in total. The van der Waals surface area contributed by atoms with Crippen molar-refractivity contribution >= 4 is 22.0 Å². The van der Waals surface area contributed by atoms with Gasteiger partial charge in [-0.05, 0) is 12.3 Å². The Bertz CT molecular complexity index is 423. The number of carbonyl (C=O) groups excluding carboxylic acids is 1. The zero-order chi connectivity index (χ0) is 15.3. The molecule has 0 rings (SSSR count). The molecule has 0 bridgehead atoms. The number of aliphatic carboxylic acids is 1. The van der Waals surface area contributed by atoms with E-state index < -0.39 is 39.2 Å². The molecule has 2 N–H and O–H groups in total. The van der Waals surface area contributed by atoms with Crippen LogP contribution >= 0.6 is 0 Å². The summed E-state index contributed by atoms with van der Waals surface area (Å²) in [6.07, 6.45) is -0.356. The Balaban J connectivity index is 4.83. The summed E-state index contributed by atoms with van der Waals surface area (Å²) < 4.78 is 30.3. The molecule has 8 heteroatoms. The fourth-order valence-corrected chi connectivity index (χ4v) is 2.66. The highest BCUT2D eigenvalue weighted by Crippen LogP contribution is 2.22. The predicted molar refractivity (Wildman–Crippen MR) is 69.1 cm³/mol. The first-order valence-electron chi connectivity index (χ1n) is 5.85. The molecule has 1 atom stereocenters. The standard InChI is InChI=1S/C11H21NO6S/c1-5-18-10(15)7-19(16,17)12-8(6-9(13)14)11(2,3)4/h8,12H,5-7H2,1-4H3,(H,13,14). The van der Waals surface area contributed by atoms with Crippen molar-refractivity contribution in [1.82, 2.24) is 4.72 Å². The quantitative estimate of drug-likeness (QED) is 0.656. The van der Waals surface area contributed by atoms with Crippen LogP contribution < -0.4 is 4.72 Å². The Hall–Kier alpha value is -1.15. The number of carboxylic acid groups (broad SMARTS) is 1. The molecule has 0 aromatic carbocycles. The number of carboxylic acids is 1. The average molecular weight is 295 g/mol. The van der Waals surface area contributed by atoms with E-state index in [0.29, 0.717) is 0 Å². The maximum Gasteiger partial charge on any atom is 0.322 e. The molecular weight excluding hydrogens is 274 g/mol. The molecule has 1 unspecified atom stereocenters. The molecule has 0 aliphatic heterocycles. The van der Waals surface area contributed by atoms with E-state index in [-0.39, 0.29) is 13.0 Å². The van der Waals surface area contributed by atoms with Gasteiger partial charge in [-0.15, -0.1) is 0 Å². The fourth-order valence-electron chi connectivity index (χ4n) is 1.32. The third-order valence-corrected chi connectivity index (χ3v) is 3.62. The van der Waals surface area contributed by atoms with Gasteiger partial charge in [0.25, 0.3) is 0 Å². The Morgan fingerprint density at radius 3 is 2.21 bits per heavy atom. The number of ether oxygens (including phenoxy) is 1. The largest absolute Gasteiger partial charge is 0.481 e. The minimum absolute atomic E-state index is 0.0895. The van der Waals surface area contributed by atoms with Gasteiger partial charge in [0.1, 0.15) is 0 Å². The van der Waals surface area contributed by atoms with E-state index in [9.17, 15) is 18.0 Å². The summed E-state index contributed by atoms with van der Waals surface area (Å²) in [5.74, 6) is -2.79. The predicted octanol–water partition coefficient (Wildman–Crippen LogP) is 0.358. The van der Waals surface area contributed by atoms with Crippen molar-refractivity contribution in [1.29, 1.82) is 0 Å². The maximum atomic E-state index is 11.7. The first-order chi connectivity index (χ1) is 8.48.